The SMILES string of the molecule is CN1CCN(c2ccc(N=Cc3c(O)[nH]c(=O)c4ccc(C(=O)c5cccc(N)c5)cc34)cc2)CC1. The molecule has 8 heteroatoms. The van der Waals surface area contributed by atoms with E-state index in [0.29, 0.717) is 38.8 Å². The van der Waals surface area contributed by atoms with Crippen LogP contribution in [0.4, 0.5) is 17.1 Å². The van der Waals surface area contributed by atoms with Crippen molar-refractivity contribution in [3.05, 3.63) is 93.8 Å². The van der Waals surface area contributed by atoms with Gasteiger partial charge in [0.2, 0.25) is 5.88 Å². The highest BCUT2D eigenvalue weighted by molar-refractivity contribution is 6.12. The van der Waals surface area contributed by atoms with E-state index in [1.54, 1.807) is 42.5 Å². The van der Waals surface area contributed by atoms with E-state index in [4.69, 9.17) is 5.73 Å². The number of nitrogen functional groups attached to an aromatic ring is 1. The summed E-state index contributed by atoms with van der Waals surface area (Å²) in [6.45, 7) is 4.02. The van der Waals surface area contributed by atoms with E-state index in [-0.39, 0.29) is 11.7 Å². The Bertz CT molecular complexity index is 1520. The zero-order chi connectivity index (χ0) is 25.2. The smallest absolute Gasteiger partial charge is 0.258 e. The number of ketones is 1. The standard InChI is InChI=1S/C28H27N5O3/c1-32-11-13-33(14-12-32)22-8-6-21(7-9-22)30-17-25-24-16-19(5-10-23(24)27(35)31-28(25)36)26(34)18-3-2-4-20(29)15-18/h2-10,15-17H,11-14,29H2,1H3,(H2,31,35,36). The second-order valence-electron chi connectivity index (χ2n) is 9.00. The first-order chi connectivity index (χ1) is 17.4. The second-order valence-corrected chi connectivity index (χ2v) is 9.00. The highest BCUT2D eigenvalue weighted by Gasteiger charge is 2.16. The third kappa shape index (κ3) is 4.71. The maximum atomic E-state index is 13.0. The van der Waals surface area contributed by atoms with Gasteiger partial charge in [0.25, 0.3) is 5.56 Å². The van der Waals surface area contributed by atoms with Gasteiger partial charge in [-0.25, -0.2) is 0 Å². The summed E-state index contributed by atoms with van der Waals surface area (Å²) in [7, 11) is 2.13. The largest absolute Gasteiger partial charge is 0.494 e. The molecular formula is C28H27N5O3. The maximum Gasteiger partial charge on any atom is 0.258 e. The van der Waals surface area contributed by atoms with Gasteiger partial charge in [0.15, 0.2) is 5.78 Å². The molecule has 0 saturated carbocycles. The van der Waals surface area contributed by atoms with Crippen LogP contribution in [0.15, 0.2) is 76.5 Å². The number of aromatic nitrogens is 1. The number of hydrogen-bond donors (Lipinski definition) is 3. The van der Waals surface area contributed by atoms with Crippen LogP contribution in [0.5, 0.6) is 5.88 Å². The van der Waals surface area contributed by atoms with Gasteiger partial charge in [0.1, 0.15) is 0 Å². The highest BCUT2D eigenvalue weighted by atomic mass is 16.3. The number of fused-ring (bicyclic) bond motifs is 1. The van der Waals surface area contributed by atoms with Crippen molar-refractivity contribution in [3.8, 4) is 5.88 Å². The van der Waals surface area contributed by atoms with Gasteiger partial charge >= 0.3 is 0 Å². The monoisotopic (exact) mass is 481 g/mol. The lowest BCUT2D eigenvalue weighted by Crippen LogP contribution is -2.44. The summed E-state index contributed by atoms with van der Waals surface area (Å²) in [5, 5.41) is 11.3. The molecular weight excluding hydrogens is 454 g/mol. The van der Waals surface area contributed by atoms with E-state index in [0.717, 1.165) is 31.9 Å². The number of aromatic hydroxyl groups is 1. The molecule has 0 amide bonds. The molecule has 0 bridgehead atoms. The summed E-state index contributed by atoms with van der Waals surface area (Å²) < 4.78 is 0. The van der Waals surface area contributed by atoms with Crippen LogP contribution in [0.3, 0.4) is 0 Å². The molecule has 1 aromatic heterocycles. The number of benzene rings is 3. The van der Waals surface area contributed by atoms with E-state index < -0.39 is 5.56 Å². The Hall–Kier alpha value is -4.43. The molecule has 3 aromatic carbocycles. The minimum absolute atomic E-state index is 0.230. The van der Waals surface area contributed by atoms with Gasteiger partial charge in [-0.15, -0.1) is 0 Å². The van der Waals surface area contributed by atoms with Crippen LogP contribution in [0.2, 0.25) is 0 Å². The molecule has 0 aliphatic carbocycles. The van der Waals surface area contributed by atoms with Crippen molar-refractivity contribution in [2.45, 2.75) is 0 Å². The molecule has 0 atom stereocenters. The number of H-pyrrole nitrogens is 1. The molecule has 4 aromatic rings. The zero-order valence-electron chi connectivity index (χ0n) is 19.9. The van der Waals surface area contributed by atoms with E-state index in [1.165, 1.54) is 6.21 Å². The average Bonchev–Trinajstić information content (AvgIpc) is 2.88. The number of nitrogens with zero attached hydrogens (tertiary/aromatic N) is 3. The van der Waals surface area contributed by atoms with Gasteiger partial charge in [-0.05, 0) is 55.6 Å². The van der Waals surface area contributed by atoms with Crippen molar-refractivity contribution in [1.82, 2.24) is 9.88 Å². The van der Waals surface area contributed by atoms with Crippen molar-refractivity contribution >= 4 is 39.8 Å². The minimum atomic E-state index is -0.445. The number of nitrogens with two attached hydrogens (primary N) is 1. The van der Waals surface area contributed by atoms with Crippen LogP contribution >= 0.6 is 0 Å². The van der Waals surface area contributed by atoms with E-state index in [2.05, 4.69) is 26.8 Å². The third-order valence-corrected chi connectivity index (χ3v) is 6.51. The van der Waals surface area contributed by atoms with Gasteiger partial charge < -0.3 is 20.6 Å². The third-order valence-electron chi connectivity index (χ3n) is 6.51. The molecule has 0 unspecified atom stereocenters. The summed E-state index contributed by atoms with van der Waals surface area (Å²) in [5.41, 5.74) is 8.87. The molecule has 1 aliphatic heterocycles. The van der Waals surface area contributed by atoms with Crippen molar-refractivity contribution in [2.75, 3.05) is 43.9 Å². The first kappa shape index (κ1) is 23.3. The summed E-state index contributed by atoms with van der Waals surface area (Å²) in [6.07, 6.45) is 1.51. The second kappa shape index (κ2) is 9.67. The number of likely N-dealkylation sites (N-methyl/N-ethyl adjacent to an activating group) is 1. The summed E-state index contributed by atoms with van der Waals surface area (Å²) >= 11 is 0. The topological polar surface area (TPSA) is 115 Å². The molecule has 1 saturated heterocycles. The fourth-order valence-electron chi connectivity index (χ4n) is 4.41. The number of hydrogen-bond acceptors (Lipinski definition) is 7. The number of nitrogens with one attached hydrogen (secondary N) is 1. The van der Waals surface area contributed by atoms with Gasteiger partial charge in [-0.2, -0.15) is 0 Å². The number of carbonyl (C=O) groups excluding carboxylic acids is 1. The number of carbonyl (C=O) groups is 1. The van der Waals surface area contributed by atoms with Crippen LogP contribution in [0.1, 0.15) is 21.5 Å². The summed E-state index contributed by atoms with van der Waals surface area (Å²) in [4.78, 5) is 37.1. The average molecular weight is 482 g/mol. The minimum Gasteiger partial charge on any atom is -0.494 e. The number of anilines is 2. The fraction of sp³-hybridized carbons (Fsp3) is 0.179. The predicted octanol–water partition coefficient (Wildman–Crippen LogP) is 3.55. The fourth-order valence-corrected chi connectivity index (χ4v) is 4.41. The van der Waals surface area contributed by atoms with Crippen molar-refractivity contribution < 1.29 is 9.90 Å². The Labute approximate surface area is 208 Å². The normalized spacial score (nSPS) is 14.5. The first-order valence-electron chi connectivity index (χ1n) is 11.8. The first-order valence-corrected chi connectivity index (χ1v) is 11.8. The Morgan fingerprint density at radius 2 is 1.69 bits per heavy atom. The van der Waals surface area contributed by atoms with Crippen LogP contribution in [-0.4, -0.2) is 60.2 Å². The molecule has 36 heavy (non-hydrogen) atoms. The number of rotatable bonds is 5. The molecule has 1 fully saturated rings. The lowest BCUT2D eigenvalue weighted by Gasteiger charge is -2.34. The molecule has 4 N–H and O–H groups in total. The van der Waals surface area contributed by atoms with E-state index in [1.807, 2.05) is 24.3 Å². The predicted molar refractivity (Wildman–Crippen MR) is 144 cm³/mol. The quantitative estimate of drug-likeness (QED) is 0.228. The molecule has 5 rings (SSSR count). The van der Waals surface area contributed by atoms with E-state index >= 15 is 0 Å². The molecule has 1 aliphatic rings. The number of aromatic amines is 1. The van der Waals surface area contributed by atoms with Crippen LogP contribution in [0, 0.1) is 0 Å². The van der Waals surface area contributed by atoms with E-state index in [9.17, 15) is 14.7 Å². The van der Waals surface area contributed by atoms with Crippen molar-refractivity contribution in [3.63, 3.8) is 0 Å². The van der Waals surface area contributed by atoms with Gasteiger partial charge in [0, 0.05) is 65.7 Å². The van der Waals surface area contributed by atoms with Gasteiger partial charge in [-0.3, -0.25) is 19.6 Å². The summed E-state index contributed by atoms with van der Waals surface area (Å²) in [5.74, 6) is -0.537. The molecule has 2 heterocycles. The maximum absolute atomic E-state index is 13.0. The summed E-state index contributed by atoms with van der Waals surface area (Å²) in [6, 6.07) is 19.4. The lowest BCUT2D eigenvalue weighted by molar-refractivity contribution is 0.103. The molecule has 182 valence electrons. The number of piperazine rings is 1. The Balaban J connectivity index is 1.47. The highest BCUT2D eigenvalue weighted by Crippen LogP contribution is 2.26. The molecule has 8 nitrogen and oxygen atoms in total. The van der Waals surface area contributed by atoms with Gasteiger partial charge in [-0.1, -0.05) is 18.2 Å². The molecule has 0 spiro atoms. The Kier molecular flexibility index (Phi) is 6.26. The number of pyridine rings is 1. The number of aliphatic imine (C=N–C) groups is 1. The lowest BCUT2D eigenvalue weighted by atomic mass is 9.98. The zero-order valence-corrected chi connectivity index (χ0v) is 19.9. The van der Waals surface area contributed by atoms with Crippen LogP contribution in [-0.2, 0) is 0 Å². The van der Waals surface area contributed by atoms with Crippen LogP contribution in [0.25, 0.3) is 10.8 Å². The molecule has 0 radical (unpaired) electrons. The Morgan fingerprint density at radius 3 is 2.42 bits per heavy atom. The Morgan fingerprint density at radius 1 is 0.972 bits per heavy atom. The van der Waals surface area contributed by atoms with Crippen molar-refractivity contribution in [2.24, 2.45) is 4.99 Å². The van der Waals surface area contributed by atoms with Crippen molar-refractivity contribution in [1.29, 1.82) is 0 Å². The van der Waals surface area contributed by atoms with Crippen LogP contribution < -0.4 is 16.2 Å². The van der Waals surface area contributed by atoms with Gasteiger partial charge in [0.05, 0.1) is 11.3 Å².